The number of nitro groups is 1. The lowest BCUT2D eigenvalue weighted by Crippen LogP contribution is -2.10. The Balaban J connectivity index is 3.51. The summed E-state index contributed by atoms with van der Waals surface area (Å²) in [6, 6.07) is 2.06. The highest BCUT2D eigenvalue weighted by atomic mass is 79.9. The molecule has 82 valence electrons. The Morgan fingerprint density at radius 3 is 2.33 bits per heavy atom. The van der Waals surface area contributed by atoms with E-state index in [0.717, 1.165) is 19.1 Å². The SMILES string of the molecule is Cc1c([N+](=O)[O-])ccc(Br)c1C(F)(F)F. The van der Waals surface area contributed by atoms with Crippen LogP contribution in [0.1, 0.15) is 11.1 Å². The number of nitro benzene ring substituents is 1. The van der Waals surface area contributed by atoms with Gasteiger partial charge in [0.05, 0.1) is 10.5 Å². The highest BCUT2D eigenvalue weighted by Crippen LogP contribution is 2.40. The summed E-state index contributed by atoms with van der Waals surface area (Å²) < 4.78 is 37.3. The van der Waals surface area contributed by atoms with Gasteiger partial charge in [0, 0.05) is 16.1 Å². The smallest absolute Gasteiger partial charge is 0.258 e. The summed E-state index contributed by atoms with van der Waals surface area (Å²) in [4.78, 5) is 9.60. The van der Waals surface area contributed by atoms with Crippen molar-refractivity contribution in [3.05, 3.63) is 37.8 Å². The summed E-state index contributed by atoms with van der Waals surface area (Å²) in [6.45, 7) is 1.08. The van der Waals surface area contributed by atoms with E-state index in [9.17, 15) is 23.3 Å². The zero-order valence-electron chi connectivity index (χ0n) is 7.43. The normalized spacial score (nSPS) is 11.5. The van der Waals surface area contributed by atoms with Gasteiger partial charge in [0.15, 0.2) is 0 Å². The van der Waals surface area contributed by atoms with Crippen LogP contribution in [0.5, 0.6) is 0 Å². The number of nitrogens with zero attached hydrogens (tertiary/aromatic N) is 1. The molecule has 1 aromatic rings. The first-order chi connectivity index (χ1) is 6.75. The molecular weight excluding hydrogens is 279 g/mol. The van der Waals surface area contributed by atoms with Gasteiger partial charge in [-0.05, 0) is 13.0 Å². The third-order valence-corrected chi connectivity index (χ3v) is 2.53. The van der Waals surface area contributed by atoms with Gasteiger partial charge >= 0.3 is 6.18 Å². The van der Waals surface area contributed by atoms with Gasteiger partial charge in [0.2, 0.25) is 0 Å². The first-order valence-corrected chi connectivity index (χ1v) is 4.55. The molecule has 0 fully saturated rings. The van der Waals surface area contributed by atoms with Crippen LogP contribution in [0.4, 0.5) is 18.9 Å². The van der Waals surface area contributed by atoms with Gasteiger partial charge in [0.25, 0.3) is 5.69 Å². The van der Waals surface area contributed by atoms with Crippen LogP contribution in [-0.2, 0) is 6.18 Å². The van der Waals surface area contributed by atoms with Crippen LogP contribution >= 0.6 is 15.9 Å². The molecule has 0 atom stereocenters. The average Bonchev–Trinajstić information content (AvgIpc) is 2.00. The molecule has 0 aliphatic heterocycles. The first kappa shape index (κ1) is 12.0. The van der Waals surface area contributed by atoms with Crippen molar-refractivity contribution < 1.29 is 18.1 Å². The first-order valence-electron chi connectivity index (χ1n) is 3.76. The Labute approximate surface area is 91.2 Å². The van der Waals surface area contributed by atoms with Crippen LogP contribution in [0.25, 0.3) is 0 Å². The molecule has 15 heavy (non-hydrogen) atoms. The quantitative estimate of drug-likeness (QED) is 0.583. The van der Waals surface area contributed by atoms with E-state index in [-0.39, 0.29) is 10.0 Å². The molecule has 0 aliphatic carbocycles. The number of benzene rings is 1. The van der Waals surface area contributed by atoms with Gasteiger partial charge in [-0.1, -0.05) is 15.9 Å². The fourth-order valence-corrected chi connectivity index (χ4v) is 1.87. The standard InChI is InChI=1S/C8H5BrF3NO2/c1-4-6(13(14)15)3-2-5(9)7(4)8(10,11)12/h2-3H,1H3. The molecule has 0 bridgehead atoms. The zero-order valence-corrected chi connectivity index (χ0v) is 9.02. The number of halogens is 4. The van der Waals surface area contributed by atoms with Crippen molar-refractivity contribution in [3.63, 3.8) is 0 Å². The lowest BCUT2D eigenvalue weighted by Gasteiger charge is -2.11. The maximum atomic E-state index is 12.5. The fourth-order valence-electron chi connectivity index (χ4n) is 1.21. The lowest BCUT2D eigenvalue weighted by molar-refractivity contribution is -0.385. The van der Waals surface area contributed by atoms with Gasteiger partial charge in [0.1, 0.15) is 0 Å². The largest absolute Gasteiger partial charge is 0.418 e. The van der Waals surface area contributed by atoms with E-state index < -0.39 is 22.4 Å². The zero-order chi connectivity index (χ0) is 11.8. The molecule has 1 rings (SSSR count). The molecule has 0 heterocycles. The highest BCUT2D eigenvalue weighted by molar-refractivity contribution is 9.10. The second kappa shape index (κ2) is 3.80. The monoisotopic (exact) mass is 283 g/mol. The molecule has 0 amide bonds. The Bertz CT molecular complexity index is 417. The summed E-state index contributed by atoms with van der Waals surface area (Å²) in [7, 11) is 0. The summed E-state index contributed by atoms with van der Waals surface area (Å²) in [6.07, 6.45) is -4.60. The van der Waals surface area contributed by atoms with E-state index in [1.54, 1.807) is 0 Å². The van der Waals surface area contributed by atoms with Crippen molar-refractivity contribution in [2.24, 2.45) is 0 Å². The number of alkyl halides is 3. The molecule has 0 aromatic heterocycles. The van der Waals surface area contributed by atoms with Crippen molar-refractivity contribution in [1.82, 2.24) is 0 Å². The van der Waals surface area contributed by atoms with Gasteiger partial charge in [-0.2, -0.15) is 13.2 Å². The molecule has 0 saturated heterocycles. The van der Waals surface area contributed by atoms with Crippen molar-refractivity contribution in [3.8, 4) is 0 Å². The molecular formula is C8H5BrF3NO2. The third-order valence-electron chi connectivity index (χ3n) is 1.87. The maximum absolute atomic E-state index is 12.5. The maximum Gasteiger partial charge on any atom is 0.418 e. The number of hydrogen-bond donors (Lipinski definition) is 0. The third kappa shape index (κ3) is 2.28. The fraction of sp³-hybridized carbons (Fsp3) is 0.250. The molecule has 3 nitrogen and oxygen atoms in total. The van der Waals surface area contributed by atoms with Crippen LogP contribution in [0.2, 0.25) is 0 Å². The van der Waals surface area contributed by atoms with E-state index >= 15 is 0 Å². The lowest BCUT2D eigenvalue weighted by atomic mass is 10.1. The summed E-state index contributed by atoms with van der Waals surface area (Å²) in [5.74, 6) is 0. The van der Waals surface area contributed by atoms with E-state index in [1.807, 2.05) is 0 Å². The number of hydrogen-bond acceptors (Lipinski definition) is 2. The minimum absolute atomic E-state index is 0.196. The van der Waals surface area contributed by atoms with Crippen molar-refractivity contribution in [1.29, 1.82) is 0 Å². The van der Waals surface area contributed by atoms with E-state index in [4.69, 9.17) is 0 Å². The van der Waals surface area contributed by atoms with Gasteiger partial charge < -0.3 is 0 Å². The van der Waals surface area contributed by atoms with Crippen molar-refractivity contribution in [2.45, 2.75) is 13.1 Å². The molecule has 0 unspecified atom stereocenters. The van der Waals surface area contributed by atoms with Gasteiger partial charge in [-0.15, -0.1) is 0 Å². The molecule has 0 spiro atoms. The Morgan fingerprint density at radius 1 is 1.40 bits per heavy atom. The highest BCUT2D eigenvalue weighted by Gasteiger charge is 2.37. The van der Waals surface area contributed by atoms with Crippen LogP contribution in [0.3, 0.4) is 0 Å². The Kier molecular flexibility index (Phi) is 3.03. The van der Waals surface area contributed by atoms with E-state index in [1.165, 1.54) is 0 Å². The van der Waals surface area contributed by atoms with Crippen molar-refractivity contribution in [2.75, 3.05) is 0 Å². The Morgan fingerprint density at radius 2 is 1.93 bits per heavy atom. The predicted molar refractivity (Wildman–Crippen MR) is 50.5 cm³/mol. The number of rotatable bonds is 1. The second-order valence-electron chi connectivity index (χ2n) is 2.82. The summed E-state index contributed by atoms with van der Waals surface area (Å²) >= 11 is 2.72. The topological polar surface area (TPSA) is 43.1 Å². The minimum Gasteiger partial charge on any atom is -0.258 e. The second-order valence-corrected chi connectivity index (χ2v) is 3.68. The van der Waals surface area contributed by atoms with Crippen molar-refractivity contribution >= 4 is 21.6 Å². The predicted octanol–water partition coefficient (Wildman–Crippen LogP) is 3.68. The molecule has 7 heteroatoms. The molecule has 0 aliphatic rings. The van der Waals surface area contributed by atoms with Crippen LogP contribution in [-0.4, -0.2) is 4.92 Å². The summed E-state index contributed by atoms with van der Waals surface area (Å²) in [5.41, 5.74) is -1.93. The molecule has 0 radical (unpaired) electrons. The van der Waals surface area contributed by atoms with E-state index in [2.05, 4.69) is 15.9 Å². The molecule has 0 N–H and O–H groups in total. The van der Waals surface area contributed by atoms with E-state index in [0.29, 0.717) is 0 Å². The minimum atomic E-state index is -4.60. The summed E-state index contributed by atoms with van der Waals surface area (Å²) in [5, 5.41) is 10.4. The van der Waals surface area contributed by atoms with Gasteiger partial charge in [-0.25, -0.2) is 0 Å². The Hall–Kier alpha value is -1.11. The van der Waals surface area contributed by atoms with Gasteiger partial charge in [-0.3, -0.25) is 10.1 Å². The van der Waals surface area contributed by atoms with Crippen LogP contribution < -0.4 is 0 Å². The average molecular weight is 284 g/mol. The van der Waals surface area contributed by atoms with Crippen LogP contribution in [0.15, 0.2) is 16.6 Å². The van der Waals surface area contributed by atoms with Crippen LogP contribution in [0, 0.1) is 17.0 Å². The molecule has 1 aromatic carbocycles. The molecule has 0 saturated carbocycles.